The van der Waals surface area contributed by atoms with Crippen molar-refractivity contribution in [1.82, 2.24) is 30.0 Å². The van der Waals surface area contributed by atoms with Gasteiger partial charge in [-0.05, 0) is 140 Å². The Bertz CT molecular complexity index is 2760. The van der Waals surface area contributed by atoms with Gasteiger partial charge in [0.05, 0.1) is 51.1 Å². The second-order valence-electron chi connectivity index (χ2n) is 21.4. The average molecular weight is 886 g/mol. The number of H-pyrrole nitrogens is 1. The Morgan fingerprint density at radius 1 is 0.844 bits per heavy atom. The number of ether oxygens (including phenoxy) is 3. The van der Waals surface area contributed by atoms with Crippen molar-refractivity contribution in [3.63, 3.8) is 0 Å². The van der Waals surface area contributed by atoms with Crippen LogP contribution in [0.2, 0.25) is 0 Å². The number of thiazole rings is 1. The summed E-state index contributed by atoms with van der Waals surface area (Å²) in [5.41, 5.74) is 4.30. The highest BCUT2D eigenvalue weighted by Crippen LogP contribution is 2.72. The SMILES string of the molecule is Cc1c(-c2ccc(-c3cc4cccc(C(=O)Nc5nc6ccccc6s5)c4[nH]3)nc2C(=O)OC(C)(C)C)cnn1CC12CC3(C)CC(C)(C1)CC(OCCNC(=O)OC(C)(C)C)(C3)C2. The van der Waals surface area contributed by atoms with Gasteiger partial charge in [0.15, 0.2) is 10.8 Å². The number of hydrogen-bond acceptors (Lipinski definition) is 10. The molecule has 4 saturated carbocycles. The van der Waals surface area contributed by atoms with Crippen LogP contribution in [-0.4, -0.2) is 72.7 Å². The van der Waals surface area contributed by atoms with Crippen LogP contribution in [-0.2, 0) is 20.8 Å². The second-order valence-corrected chi connectivity index (χ2v) is 22.5. The number of carbonyl (C=O) groups excluding carboxylic acids is 3. The van der Waals surface area contributed by atoms with Gasteiger partial charge in [-0.2, -0.15) is 5.10 Å². The number of carbonyl (C=O) groups is 3. The number of amides is 2. The monoisotopic (exact) mass is 885 g/mol. The Morgan fingerprint density at radius 3 is 2.30 bits per heavy atom. The molecule has 2 aromatic carbocycles. The Morgan fingerprint density at radius 2 is 1.58 bits per heavy atom. The molecule has 4 bridgehead atoms. The first-order chi connectivity index (χ1) is 30.1. The molecule has 336 valence electrons. The molecule has 4 aliphatic rings. The van der Waals surface area contributed by atoms with Gasteiger partial charge in [-0.3, -0.25) is 14.8 Å². The molecule has 4 heterocycles. The van der Waals surface area contributed by atoms with E-state index in [0.717, 1.165) is 65.5 Å². The topological polar surface area (TPSA) is 162 Å². The fourth-order valence-corrected chi connectivity index (χ4v) is 12.8. The average Bonchev–Trinajstić information content (AvgIpc) is 3.89. The molecule has 0 radical (unpaired) electrons. The quantitative estimate of drug-likeness (QED) is 0.0849. The lowest BCUT2D eigenvalue weighted by molar-refractivity contribution is -0.247. The third kappa shape index (κ3) is 8.78. The van der Waals surface area contributed by atoms with Crippen molar-refractivity contribution in [2.24, 2.45) is 16.2 Å². The molecule has 6 aromatic rings. The molecule has 13 nitrogen and oxygen atoms in total. The number of hydrogen-bond donors (Lipinski definition) is 3. The summed E-state index contributed by atoms with van der Waals surface area (Å²) in [6.07, 6.45) is 7.66. The fourth-order valence-electron chi connectivity index (χ4n) is 12.0. The van der Waals surface area contributed by atoms with Gasteiger partial charge in [-0.25, -0.2) is 19.6 Å². The van der Waals surface area contributed by atoms with Crippen LogP contribution >= 0.6 is 11.3 Å². The van der Waals surface area contributed by atoms with Crippen molar-refractivity contribution in [3.8, 4) is 22.5 Å². The van der Waals surface area contributed by atoms with E-state index in [1.54, 1.807) is 6.07 Å². The van der Waals surface area contributed by atoms with Crippen molar-refractivity contribution in [2.45, 2.75) is 124 Å². The number of aromatic nitrogens is 5. The summed E-state index contributed by atoms with van der Waals surface area (Å²) in [7, 11) is 0. The number of fused-ring (bicyclic) bond motifs is 2. The number of aromatic amines is 1. The zero-order valence-corrected chi connectivity index (χ0v) is 39.2. The molecule has 0 saturated heterocycles. The van der Waals surface area contributed by atoms with Gasteiger partial charge in [0.25, 0.3) is 5.91 Å². The molecule has 4 aromatic heterocycles. The molecule has 2 atom stereocenters. The first-order valence-corrected chi connectivity index (χ1v) is 23.1. The van der Waals surface area contributed by atoms with Crippen LogP contribution in [0.5, 0.6) is 0 Å². The molecule has 0 aliphatic heterocycles. The minimum atomic E-state index is -0.757. The van der Waals surface area contributed by atoms with Gasteiger partial charge in [0, 0.05) is 35.3 Å². The minimum Gasteiger partial charge on any atom is -0.455 e. The molecule has 3 N–H and O–H groups in total. The summed E-state index contributed by atoms with van der Waals surface area (Å²) < 4.78 is 21.4. The van der Waals surface area contributed by atoms with Gasteiger partial charge in [-0.15, -0.1) is 0 Å². The molecule has 64 heavy (non-hydrogen) atoms. The van der Waals surface area contributed by atoms with Crippen LogP contribution < -0.4 is 10.6 Å². The van der Waals surface area contributed by atoms with E-state index in [0.29, 0.717) is 46.3 Å². The number of pyridine rings is 1. The van der Waals surface area contributed by atoms with E-state index in [2.05, 4.69) is 46.1 Å². The largest absolute Gasteiger partial charge is 0.455 e. The lowest BCUT2D eigenvalue weighted by Crippen LogP contribution is -2.64. The first kappa shape index (κ1) is 43.6. The summed E-state index contributed by atoms with van der Waals surface area (Å²) >= 11 is 1.42. The van der Waals surface area contributed by atoms with Crippen LogP contribution in [0.3, 0.4) is 0 Å². The van der Waals surface area contributed by atoms with Gasteiger partial charge in [0.1, 0.15) is 11.2 Å². The molecular formula is C50H59N7O6S. The summed E-state index contributed by atoms with van der Waals surface area (Å²) in [5.74, 6) is -0.818. The van der Waals surface area contributed by atoms with E-state index >= 15 is 0 Å². The number of anilines is 1. The minimum absolute atomic E-state index is 0.0409. The molecule has 2 unspecified atom stereocenters. The second kappa shape index (κ2) is 15.5. The van der Waals surface area contributed by atoms with Crippen molar-refractivity contribution in [3.05, 3.63) is 83.8 Å². The molecule has 0 spiro atoms. The Hall–Kier alpha value is -5.60. The lowest BCUT2D eigenvalue weighted by atomic mass is 9.39. The third-order valence-electron chi connectivity index (χ3n) is 12.9. The number of para-hydroxylation sites is 2. The van der Waals surface area contributed by atoms with Crippen LogP contribution in [0, 0.1) is 23.2 Å². The number of nitrogens with zero attached hydrogens (tertiary/aromatic N) is 4. The van der Waals surface area contributed by atoms with Crippen molar-refractivity contribution >= 4 is 55.6 Å². The molecule has 4 aliphatic carbocycles. The maximum atomic E-state index is 14.1. The van der Waals surface area contributed by atoms with E-state index in [4.69, 9.17) is 24.3 Å². The van der Waals surface area contributed by atoms with Gasteiger partial charge in [0.2, 0.25) is 0 Å². The standard InChI is InChI=1S/C50H59N7O6S/c1-30-34(22-52-57(30)29-49-24-47(8)23-48(9,25-49)27-50(26-47,28-49)61-20-19-51-44(60)63-46(5,6)7)32-17-18-35(53-40(32)42(59)62-45(2,3)4)37-21-31-13-12-14-33(39(31)54-37)41(58)56-43-55-36-15-10-11-16-38(36)64-43/h10-18,21-22,54H,19-20,23-29H2,1-9H3,(H,51,60)(H,55,56,58). The molecule has 4 fully saturated rings. The van der Waals surface area contributed by atoms with Crippen LogP contribution in [0.4, 0.5) is 9.93 Å². The van der Waals surface area contributed by atoms with Gasteiger partial charge >= 0.3 is 12.1 Å². The van der Waals surface area contributed by atoms with Gasteiger partial charge < -0.3 is 24.5 Å². The third-order valence-corrected chi connectivity index (χ3v) is 13.8. The normalized spacial score (nSPS) is 24.0. The Kier molecular flexibility index (Phi) is 10.6. The van der Waals surface area contributed by atoms with Crippen LogP contribution in [0.15, 0.2) is 66.9 Å². The Labute approximate surface area is 378 Å². The number of benzene rings is 2. The highest BCUT2D eigenvalue weighted by molar-refractivity contribution is 7.22. The van der Waals surface area contributed by atoms with E-state index in [1.807, 2.05) is 102 Å². The summed E-state index contributed by atoms with van der Waals surface area (Å²) in [4.78, 5) is 53.1. The smallest absolute Gasteiger partial charge is 0.407 e. The van der Waals surface area contributed by atoms with E-state index in [-0.39, 0.29) is 33.4 Å². The Balaban J connectivity index is 0.986. The summed E-state index contributed by atoms with van der Waals surface area (Å²) in [6, 6.07) is 19.1. The van der Waals surface area contributed by atoms with Gasteiger partial charge in [-0.1, -0.05) is 49.4 Å². The highest BCUT2D eigenvalue weighted by Gasteiger charge is 2.66. The number of esters is 1. The van der Waals surface area contributed by atoms with E-state index in [1.165, 1.54) is 17.8 Å². The zero-order valence-electron chi connectivity index (χ0n) is 38.4. The molecule has 2 amide bonds. The predicted molar refractivity (Wildman–Crippen MR) is 249 cm³/mol. The highest BCUT2D eigenvalue weighted by atomic mass is 32.1. The number of rotatable bonds is 11. The molecule has 14 heteroatoms. The van der Waals surface area contributed by atoms with E-state index in [9.17, 15) is 14.4 Å². The number of nitrogens with one attached hydrogen (secondary N) is 3. The molecular weight excluding hydrogens is 827 g/mol. The van der Waals surface area contributed by atoms with Crippen molar-refractivity contribution < 1.29 is 28.6 Å². The van der Waals surface area contributed by atoms with Crippen LogP contribution in [0.25, 0.3) is 43.6 Å². The maximum absolute atomic E-state index is 14.1. The predicted octanol–water partition coefficient (Wildman–Crippen LogP) is 10.9. The zero-order chi connectivity index (χ0) is 45.5. The maximum Gasteiger partial charge on any atom is 0.407 e. The molecule has 10 rings (SSSR count). The summed E-state index contributed by atoms with van der Waals surface area (Å²) in [6.45, 7) is 19.5. The fraction of sp³-hybridized carbons (Fsp3) is 0.480. The van der Waals surface area contributed by atoms with E-state index < -0.39 is 23.3 Å². The van der Waals surface area contributed by atoms with Crippen molar-refractivity contribution in [1.29, 1.82) is 0 Å². The lowest BCUT2D eigenvalue weighted by Gasteiger charge is -2.69. The van der Waals surface area contributed by atoms with Crippen molar-refractivity contribution in [2.75, 3.05) is 18.5 Å². The first-order valence-electron chi connectivity index (χ1n) is 22.3. The van der Waals surface area contributed by atoms with Crippen LogP contribution in [0.1, 0.15) is 120 Å². The number of alkyl carbamates (subject to hydrolysis) is 1. The summed E-state index contributed by atoms with van der Waals surface area (Å²) in [5, 5.41) is 12.2.